The number of furan rings is 1. The number of carbonyl (C=O) groups excluding carboxylic acids is 1. The Morgan fingerprint density at radius 2 is 1.68 bits per heavy atom. The second-order valence-electron chi connectivity index (χ2n) is 5.60. The van der Waals surface area contributed by atoms with E-state index >= 15 is 0 Å². The number of hydrogen-bond donors (Lipinski definition) is 2. The van der Waals surface area contributed by atoms with Gasteiger partial charge in [-0.25, -0.2) is 0 Å². The standard InChI is InChI=1S/C19H20N4O5/c1-25-14-9-12(10-15(26-2)18(14)27-3)19(24)21-17-7-6-16(22-23-17)20-11-13-5-4-8-28-13/h4-10H,11H2,1-3H3,(H,20,22)(H,21,23,24). The molecule has 0 fully saturated rings. The van der Waals surface area contributed by atoms with Crippen molar-refractivity contribution in [3.63, 3.8) is 0 Å². The Balaban J connectivity index is 1.68. The van der Waals surface area contributed by atoms with Crippen LogP contribution in [0.25, 0.3) is 0 Å². The molecule has 0 spiro atoms. The van der Waals surface area contributed by atoms with Crippen molar-refractivity contribution >= 4 is 17.5 Å². The van der Waals surface area contributed by atoms with Gasteiger partial charge in [0.15, 0.2) is 17.3 Å². The number of carbonyl (C=O) groups is 1. The second kappa shape index (κ2) is 8.76. The topological polar surface area (TPSA) is 108 Å². The Morgan fingerprint density at radius 3 is 2.21 bits per heavy atom. The highest BCUT2D eigenvalue weighted by Crippen LogP contribution is 2.38. The van der Waals surface area contributed by atoms with E-state index in [1.165, 1.54) is 21.3 Å². The maximum Gasteiger partial charge on any atom is 0.257 e. The number of methoxy groups -OCH3 is 3. The molecule has 0 saturated heterocycles. The highest BCUT2D eigenvalue weighted by molar-refractivity contribution is 6.04. The Labute approximate surface area is 161 Å². The predicted molar refractivity (Wildman–Crippen MR) is 102 cm³/mol. The lowest BCUT2D eigenvalue weighted by Gasteiger charge is -2.14. The fourth-order valence-electron chi connectivity index (χ4n) is 2.48. The van der Waals surface area contributed by atoms with Crippen molar-refractivity contribution < 1.29 is 23.4 Å². The van der Waals surface area contributed by atoms with Crippen molar-refractivity contribution in [3.8, 4) is 17.2 Å². The molecule has 0 aliphatic carbocycles. The van der Waals surface area contributed by atoms with Gasteiger partial charge in [-0.1, -0.05) is 0 Å². The number of nitrogens with one attached hydrogen (secondary N) is 2. The predicted octanol–water partition coefficient (Wildman–Crippen LogP) is 2.96. The Hall–Kier alpha value is -3.75. The highest BCUT2D eigenvalue weighted by atomic mass is 16.5. The van der Waals surface area contributed by atoms with Gasteiger partial charge in [0.25, 0.3) is 5.91 Å². The van der Waals surface area contributed by atoms with Crippen LogP contribution in [-0.2, 0) is 6.54 Å². The average Bonchev–Trinajstić information content (AvgIpc) is 3.25. The van der Waals surface area contributed by atoms with E-state index in [4.69, 9.17) is 18.6 Å². The van der Waals surface area contributed by atoms with E-state index in [0.717, 1.165) is 5.76 Å². The maximum atomic E-state index is 12.6. The summed E-state index contributed by atoms with van der Waals surface area (Å²) in [6, 6.07) is 10.1. The van der Waals surface area contributed by atoms with Crippen LogP contribution in [0.2, 0.25) is 0 Å². The van der Waals surface area contributed by atoms with Crippen molar-refractivity contribution in [1.29, 1.82) is 0 Å². The summed E-state index contributed by atoms with van der Waals surface area (Å²) in [6.45, 7) is 0.485. The number of amides is 1. The van der Waals surface area contributed by atoms with Gasteiger partial charge < -0.3 is 29.3 Å². The fraction of sp³-hybridized carbons (Fsp3) is 0.211. The Morgan fingerprint density at radius 1 is 1.00 bits per heavy atom. The zero-order valence-corrected chi connectivity index (χ0v) is 15.7. The smallest absolute Gasteiger partial charge is 0.257 e. The summed E-state index contributed by atoms with van der Waals surface area (Å²) in [7, 11) is 4.47. The summed E-state index contributed by atoms with van der Waals surface area (Å²) in [4.78, 5) is 12.6. The number of ether oxygens (including phenoxy) is 3. The molecule has 2 N–H and O–H groups in total. The van der Waals surface area contributed by atoms with E-state index < -0.39 is 0 Å². The fourth-order valence-corrected chi connectivity index (χ4v) is 2.48. The summed E-state index contributed by atoms with van der Waals surface area (Å²) in [5.74, 6) is 2.44. The number of rotatable bonds is 8. The van der Waals surface area contributed by atoms with Crippen LogP contribution in [0.5, 0.6) is 17.2 Å². The van der Waals surface area contributed by atoms with E-state index in [1.54, 1.807) is 30.5 Å². The number of nitrogens with zero attached hydrogens (tertiary/aromatic N) is 2. The lowest BCUT2D eigenvalue weighted by Crippen LogP contribution is -2.14. The molecule has 28 heavy (non-hydrogen) atoms. The van der Waals surface area contributed by atoms with Gasteiger partial charge in [-0.15, -0.1) is 10.2 Å². The number of anilines is 2. The van der Waals surface area contributed by atoms with Crippen molar-refractivity contribution in [2.24, 2.45) is 0 Å². The van der Waals surface area contributed by atoms with E-state index in [9.17, 15) is 4.79 Å². The van der Waals surface area contributed by atoms with Crippen LogP contribution in [0, 0.1) is 0 Å². The third-order valence-electron chi connectivity index (χ3n) is 3.86. The molecule has 0 aliphatic heterocycles. The number of benzene rings is 1. The van der Waals surface area contributed by atoms with E-state index in [-0.39, 0.29) is 5.91 Å². The van der Waals surface area contributed by atoms with Gasteiger partial charge in [-0.3, -0.25) is 4.79 Å². The molecule has 1 amide bonds. The molecule has 1 aromatic carbocycles. The molecule has 0 unspecified atom stereocenters. The lowest BCUT2D eigenvalue weighted by molar-refractivity contribution is 0.102. The van der Waals surface area contributed by atoms with Crippen molar-refractivity contribution in [1.82, 2.24) is 10.2 Å². The SMILES string of the molecule is COc1cc(C(=O)Nc2ccc(NCc3ccco3)nn2)cc(OC)c1OC. The summed E-state index contributed by atoms with van der Waals surface area (Å²) in [5, 5.41) is 13.8. The Bertz CT molecular complexity index is 901. The molecular weight excluding hydrogens is 364 g/mol. The molecule has 0 bridgehead atoms. The first-order chi connectivity index (χ1) is 13.6. The first-order valence-corrected chi connectivity index (χ1v) is 8.36. The van der Waals surface area contributed by atoms with Crippen molar-refractivity contribution in [3.05, 3.63) is 54.0 Å². The minimum absolute atomic E-state index is 0.308. The van der Waals surface area contributed by atoms with Gasteiger partial charge in [-0.2, -0.15) is 0 Å². The second-order valence-corrected chi connectivity index (χ2v) is 5.60. The minimum atomic E-state index is -0.384. The monoisotopic (exact) mass is 384 g/mol. The molecule has 2 heterocycles. The molecular formula is C19H20N4O5. The normalized spacial score (nSPS) is 10.2. The highest BCUT2D eigenvalue weighted by Gasteiger charge is 2.17. The van der Waals surface area contributed by atoms with Crippen LogP contribution in [0.1, 0.15) is 16.1 Å². The van der Waals surface area contributed by atoms with Crippen molar-refractivity contribution in [2.75, 3.05) is 32.0 Å². The molecule has 0 saturated carbocycles. The van der Waals surface area contributed by atoms with E-state index in [0.29, 0.717) is 41.0 Å². The van der Waals surface area contributed by atoms with Gasteiger partial charge in [-0.05, 0) is 36.4 Å². The largest absolute Gasteiger partial charge is 0.493 e. The third kappa shape index (κ3) is 4.32. The molecule has 2 aromatic heterocycles. The van der Waals surface area contributed by atoms with Gasteiger partial charge in [0.05, 0.1) is 34.1 Å². The zero-order valence-electron chi connectivity index (χ0n) is 15.7. The summed E-state index contributed by atoms with van der Waals surface area (Å²) in [6.07, 6.45) is 1.60. The first kappa shape index (κ1) is 19.0. The van der Waals surface area contributed by atoms with Crippen molar-refractivity contribution in [2.45, 2.75) is 6.54 Å². The first-order valence-electron chi connectivity index (χ1n) is 8.36. The molecule has 9 nitrogen and oxygen atoms in total. The van der Waals surface area contributed by atoms with Crippen LogP contribution in [-0.4, -0.2) is 37.4 Å². The molecule has 3 rings (SSSR count). The molecule has 3 aromatic rings. The quantitative estimate of drug-likeness (QED) is 0.610. The van der Waals surface area contributed by atoms with Gasteiger partial charge in [0, 0.05) is 5.56 Å². The van der Waals surface area contributed by atoms with Gasteiger partial charge in [0.2, 0.25) is 5.75 Å². The average molecular weight is 384 g/mol. The van der Waals surface area contributed by atoms with Crippen LogP contribution in [0.15, 0.2) is 47.1 Å². The zero-order chi connectivity index (χ0) is 19.9. The summed E-state index contributed by atoms with van der Waals surface area (Å²) in [5.41, 5.74) is 0.330. The third-order valence-corrected chi connectivity index (χ3v) is 3.86. The van der Waals surface area contributed by atoms with Gasteiger partial charge in [0.1, 0.15) is 11.6 Å². The Kier molecular flexibility index (Phi) is 5.95. The number of aromatic nitrogens is 2. The molecule has 0 radical (unpaired) electrons. The molecule has 0 aliphatic rings. The van der Waals surface area contributed by atoms with Crippen LogP contribution in [0.3, 0.4) is 0 Å². The molecule has 9 heteroatoms. The van der Waals surface area contributed by atoms with E-state index in [2.05, 4.69) is 20.8 Å². The van der Waals surface area contributed by atoms with Crippen LogP contribution < -0.4 is 24.8 Å². The minimum Gasteiger partial charge on any atom is -0.493 e. The van der Waals surface area contributed by atoms with Crippen LogP contribution >= 0.6 is 0 Å². The molecule has 146 valence electrons. The lowest BCUT2D eigenvalue weighted by atomic mass is 10.1. The van der Waals surface area contributed by atoms with Gasteiger partial charge >= 0.3 is 0 Å². The molecule has 0 atom stereocenters. The summed E-state index contributed by atoms with van der Waals surface area (Å²) >= 11 is 0. The summed E-state index contributed by atoms with van der Waals surface area (Å²) < 4.78 is 21.0. The van der Waals surface area contributed by atoms with Crippen LogP contribution in [0.4, 0.5) is 11.6 Å². The van der Waals surface area contributed by atoms with E-state index in [1.807, 2.05) is 12.1 Å². The maximum absolute atomic E-state index is 12.6. The number of hydrogen-bond acceptors (Lipinski definition) is 8.